The van der Waals surface area contributed by atoms with Gasteiger partial charge in [-0.25, -0.2) is 0 Å². The van der Waals surface area contributed by atoms with Gasteiger partial charge in [0.1, 0.15) is 5.75 Å². The lowest BCUT2D eigenvalue weighted by Crippen LogP contribution is -2.27. The molecule has 1 aromatic carbocycles. The van der Waals surface area contributed by atoms with Crippen molar-refractivity contribution in [2.24, 2.45) is 5.92 Å². The highest BCUT2D eigenvalue weighted by molar-refractivity contribution is 5.28. The summed E-state index contributed by atoms with van der Waals surface area (Å²) in [5.74, 6) is 1.82. The first-order valence-corrected chi connectivity index (χ1v) is 8.01. The van der Waals surface area contributed by atoms with Crippen LogP contribution in [0.1, 0.15) is 31.7 Å². The highest BCUT2D eigenvalue weighted by Crippen LogP contribution is 2.31. The van der Waals surface area contributed by atoms with Crippen molar-refractivity contribution in [3.05, 3.63) is 29.8 Å². The molecule has 2 aliphatic rings. The molecule has 0 amide bonds. The van der Waals surface area contributed by atoms with Crippen LogP contribution in [0.25, 0.3) is 0 Å². The first-order valence-electron chi connectivity index (χ1n) is 8.01. The van der Waals surface area contributed by atoms with Crippen molar-refractivity contribution in [3.8, 4) is 5.75 Å². The van der Waals surface area contributed by atoms with E-state index in [9.17, 15) is 0 Å². The van der Waals surface area contributed by atoms with Crippen LogP contribution in [-0.4, -0.2) is 37.2 Å². The zero-order chi connectivity index (χ0) is 13.8. The third kappa shape index (κ3) is 3.74. The molecular formula is C17H26N2O. The van der Waals surface area contributed by atoms with Gasteiger partial charge in [0, 0.05) is 19.1 Å². The fraction of sp³-hybridized carbons (Fsp3) is 0.647. The number of likely N-dealkylation sites (tertiary alicyclic amines) is 1. The number of hydrogen-bond donors (Lipinski definition) is 1. The van der Waals surface area contributed by atoms with E-state index in [0.717, 1.165) is 37.4 Å². The topological polar surface area (TPSA) is 24.5 Å². The normalized spacial score (nSPS) is 23.1. The van der Waals surface area contributed by atoms with Gasteiger partial charge in [-0.3, -0.25) is 0 Å². The fourth-order valence-electron chi connectivity index (χ4n) is 3.13. The Hall–Kier alpha value is -1.06. The van der Waals surface area contributed by atoms with Gasteiger partial charge in [-0.05, 0) is 62.9 Å². The minimum Gasteiger partial charge on any atom is -0.494 e. The maximum absolute atomic E-state index is 5.54. The van der Waals surface area contributed by atoms with Gasteiger partial charge >= 0.3 is 0 Å². The Morgan fingerprint density at radius 3 is 3.00 bits per heavy atom. The fourth-order valence-corrected chi connectivity index (χ4v) is 3.13. The van der Waals surface area contributed by atoms with Crippen molar-refractivity contribution in [2.45, 2.75) is 38.8 Å². The van der Waals surface area contributed by atoms with Gasteiger partial charge in [-0.2, -0.15) is 0 Å². The molecule has 1 heterocycles. The van der Waals surface area contributed by atoms with Crippen molar-refractivity contribution in [2.75, 3.05) is 26.2 Å². The third-order valence-electron chi connectivity index (χ3n) is 4.35. The first kappa shape index (κ1) is 13.9. The van der Waals surface area contributed by atoms with Gasteiger partial charge < -0.3 is 15.0 Å². The standard InChI is InChI=1S/C17H26N2O/c1-2-20-17-5-3-4-14(10-17)11-18-12-15-8-9-19(13-15)16-6-7-16/h3-5,10,15-16,18H,2,6-9,11-13H2,1H3. The molecule has 3 rings (SSSR count). The van der Waals surface area contributed by atoms with Crippen molar-refractivity contribution in [1.82, 2.24) is 10.2 Å². The van der Waals surface area contributed by atoms with Crippen LogP contribution in [0.5, 0.6) is 5.75 Å². The molecule has 1 saturated carbocycles. The molecule has 1 atom stereocenters. The SMILES string of the molecule is CCOc1cccc(CNCC2CCN(C3CC3)C2)c1. The number of nitrogens with one attached hydrogen (secondary N) is 1. The van der Waals surface area contributed by atoms with Crippen LogP contribution in [0, 0.1) is 5.92 Å². The van der Waals surface area contributed by atoms with E-state index in [4.69, 9.17) is 4.74 Å². The molecule has 1 aliphatic heterocycles. The lowest BCUT2D eigenvalue weighted by Gasteiger charge is -2.15. The second kappa shape index (κ2) is 6.59. The van der Waals surface area contributed by atoms with Crippen LogP contribution in [0.2, 0.25) is 0 Å². The number of hydrogen-bond acceptors (Lipinski definition) is 3. The van der Waals surface area contributed by atoms with E-state index in [1.54, 1.807) is 0 Å². The van der Waals surface area contributed by atoms with Gasteiger partial charge in [-0.15, -0.1) is 0 Å². The summed E-state index contributed by atoms with van der Waals surface area (Å²) in [6.45, 7) is 7.46. The second-order valence-electron chi connectivity index (χ2n) is 6.09. The van der Waals surface area contributed by atoms with Crippen LogP contribution >= 0.6 is 0 Å². The maximum Gasteiger partial charge on any atom is 0.119 e. The van der Waals surface area contributed by atoms with Crippen LogP contribution in [0.15, 0.2) is 24.3 Å². The second-order valence-corrected chi connectivity index (χ2v) is 6.09. The van der Waals surface area contributed by atoms with Crippen molar-refractivity contribution in [3.63, 3.8) is 0 Å². The van der Waals surface area contributed by atoms with Crippen molar-refractivity contribution in [1.29, 1.82) is 0 Å². The largest absolute Gasteiger partial charge is 0.494 e. The molecule has 0 spiro atoms. The van der Waals surface area contributed by atoms with E-state index >= 15 is 0 Å². The zero-order valence-corrected chi connectivity index (χ0v) is 12.5. The molecule has 1 N–H and O–H groups in total. The summed E-state index contributed by atoms with van der Waals surface area (Å²) in [6.07, 6.45) is 4.23. The molecule has 1 aromatic rings. The molecule has 3 heteroatoms. The average molecular weight is 274 g/mol. The predicted molar refractivity (Wildman–Crippen MR) is 82.0 cm³/mol. The van der Waals surface area contributed by atoms with E-state index in [1.807, 2.05) is 13.0 Å². The molecule has 0 aromatic heterocycles. The number of ether oxygens (including phenoxy) is 1. The average Bonchev–Trinajstić information content (AvgIpc) is 3.20. The number of nitrogens with zero attached hydrogens (tertiary/aromatic N) is 1. The van der Waals surface area contributed by atoms with Crippen LogP contribution in [0.3, 0.4) is 0 Å². The molecule has 1 unspecified atom stereocenters. The Bertz CT molecular complexity index is 431. The van der Waals surface area contributed by atoms with E-state index in [1.165, 1.54) is 37.9 Å². The minimum atomic E-state index is 0.732. The number of benzene rings is 1. The van der Waals surface area contributed by atoms with E-state index in [0.29, 0.717) is 0 Å². The molecule has 20 heavy (non-hydrogen) atoms. The molecule has 110 valence electrons. The lowest BCUT2D eigenvalue weighted by molar-refractivity contribution is 0.311. The number of rotatable bonds is 7. The van der Waals surface area contributed by atoms with Crippen molar-refractivity contribution >= 4 is 0 Å². The van der Waals surface area contributed by atoms with Gasteiger partial charge in [0.2, 0.25) is 0 Å². The van der Waals surface area contributed by atoms with Crippen LogP contribution < -0.4 is 10.1 Å². The highest BCUT2D eigenvalue weighted by Gasteiger charge is 2.33. The summed E-state index contributed by atoms with van der Waals surface area (Å²) in [5.41, 5.74) is 1.31. The van der Waals surface area contributed by atoms with Crippen LogP contribution in [0.4, 0.5) is 0 Å². The Kier molecular flexibility index (Phi) is 4.58. The van der Waals surface area contributed by atoms with Crippen LogP contribution in [-0.2, 0) is 6.54 Å². The Morgan fingerprint density at radius 1 is 1.30 bits per heavy atom. The molecule has 1 saturated heterocycles. The summed E-state index contributed by atoms with van der Waals surface area (Å²) in [4.78, 5) is 2.68. The Labute approximate surface area is 122 Å². The maximum atomic E-state index is 5.54. The summed E-state index contributed by atoms with van der Waals surface area (Å²) in [7, 11) is 0. The highest BCUT2D eigenvalue weighted by atomic mass is 16.5. The van der Waals surface area contributed by atoms with Gasteiger partial charge in [0.05, 0.1) is 6.61 Å². The third-order valence-corrected chi connectivity index (χ3v) is 4.35. The molecule has 0 bridgehead atoms. The van der Waals surface area contributed by atoms with Crippen molar-refractivity contribution < 1.29 is 4.74 Å². The zero-order valence-electron chi connectivity index (χ0n) is 12.5. The molecule has 1 aliphatic carbocycles. The summed E-state index contributed by atoms with van der Waals surface area (Å²) in [6, 6.07) is 9.34. The lowest BCUT2D eigenvalue weighted by atomic mass is 10.1. The van der Waals surface area contributed by atoms with Gasteiger partial charge in [0.15, 0.2) is 0 Å². The minimum absolute atomic E-state index is 0.732. The summed E-state index contributed by atoms with van der Waals surface area (Å²) < 4.78 is 5.54. The summed E-state index contributed by atoms with van der Waals surface area (Å²) in [5, 5.41) is 3.61. The van der Waals surface area contributed by atoms with E-state index in [2.05, 4.69) is 28.4 Å². The smallest absolute Gasteiger partial charge is 0.119 e. The van der Waals surface area contributed by atoms with E-state index < -0.39 is 0 Å². The first-order chi connectivity index (χ1) is 9.85. The van der Waals surface area contributed by atoms with Gasteiger partial charge in [0.25, 0.3) is 0 Å². The summed E-state index contributed by atoms with van der Waals surface area (Å²) >= 11 is 0. The monoisotopic (exact) mass is 274 g/mol. The van der Waals surface area contributed by atoms with Gasteiger partial charge in [-0.1, -0.05) is 12.1 Å². The molecule has 3 nitrogen and oxygen atoms in total. The molecule has 0 radical (unpaired) electrons. The molecular weight excluding hydrogens is 248 g/mol. The Balaban J connectivity index is 1.40. The predicted octanol–water partition coefficient (Wildman–Crippen LogP) is 2.66. The van der Waals surface area contributed by atoms with E-state index in [-0.39, 0.29) is 0 Å². The quantitative estimate of drug-likeness (QED) is 0.827. The Morgan fingerprint density at radius 2 is 2.20 bits per heavy atom. The molecule has 2 fully saturated rings.